The smallest absolute Gasteiger partial charge is 0.271 e. The van der Waals surface area contributed by atoms with E-state index in [1.54, 1.807) is 0 Å². The van der Waals surface area contributed by atoms with Gasteiger partial charge in [-0.2, -0.15) is 0 Å². The van der Waals surface area contributed by atoms with Crippen LogP contribution in [0.4, 0.5) is 5.69 Å². The number of halogens is 1. The SMILES string of the molecule is COc1ccc([N+](=O)[O-])cc1S(=O)(=O)NC1CCN(Cc2ccc(Cl)cc2)CC1. The van der Waals surface area contributed by atoms with Crippen molar-refractivity contribution in [3.05, 3.63) is 63.2 Å². The molecule has 1 aliphatic rings. The van der Waals surface area contributed by atoms with Gasteiger partial charge in [-0.15, -0.1) is 0 Å². The highest BCUT2D eigenvalue weighted by Gasteiger charge is 2.28. The quantitative estimate of drug-likeness (QED) is 0.525. The number of nitrogens with one attached hydrogen (secondary N) is 1. The predicted molar refractivity (Wildman–Crippen MR) is 110 cm³/mol. The molecular weight excluding hydrogens is 418 g/mol. The van der Waals surface area contributed by atoms with E-state index in [4.69, 9.17) is 16.3 Å². The summed E-state index contributed by atoms with van der Waals surface area (Å²) in [4.78, 5) is 12.4. The summed E-state index contributed by atoms with van der Waals surface area (Å²) in [7, 11) is -2.62. The molecule has 0 spiro atoms. The van der Waals surface area contributed by atoms with E-state index in [9.17, 15) is 18.5 Å². The Morgan fingerprint density at radius 2 is 1.86 bits per heavy atom. The second kappa shape index (κ2) is 9.08. The Balaban J connectivity index is 1.64. The predicted octanol–water partition coefficient (Wildman–Crippen LogP) is 3.20. The highest BCUT2D eigenvalue weighted by Crippen LogP contribution is 2.29. The molecule has 1 heterocycles. The van der Waals surface area contributed by atoms with Gasteiger partial charge >= 0.3 is 0 Å². The zero-order valence-electron chi connectivity index (χ0n) is 15.9. The minimum Gasteiger partial charge on any atom is -0.495 e. The van der Waals surface area contributed by atoms with E-state index in [1.165, 1.54) is 19.2 Å². The van der Waals surface area contributed by atoms with Crippen molar-refractivity contribution in [3.8, 4) is 5.75 Å². The van der Waals surface area contributed by atoms with Crippen molar-refractivity contribution in [1.29, 1.82) is 0 Å². The third-order valence-electron chi connectivity index (χ3n) is 4.88. The number of piperidine rings is 1. The summed E-state index contributed by atoms with van der Waals surface area (Å²) in [6.45, 7) is 2.25. The van der Waals surface area contributed by atoms with Crippen molar-refractivity contribution >= 4 is 27.3 Å². The lowest BCUT2D eigenvalue weighted by molar-refractivity contribution is -0.385. The molecule has 1 N–H and O–H groups in total. The first-order valence-corrected chi connectivity index (χ1v) is 11.0. The number of sulfonamides is 1. The van der Waals surface area contributed by atoms with Gasteiger partial charge in [0.05, 0.1) is 12.0 Å². The van der Waals surface area contributed by atoms with Gasteiger partial charge in [0.1, 0.15) is 10.6 Å². The van der Waals surface area contributed by atoms with Crippen LogP contribution in [0.1, 0.15) is 18.4 Å². The summed E-state index contributed by atoms with van der Waals surface area (Å²) >= 11 is 5.91. The van der Waals surface area contributed by atoms with Gasteiger partial charge in [-0.3, -0.25) is 15.0 Å². The topological polar surface area (TPSA) is 102 Å². The molecule has 0 unspecified atom stereocenters. The molecular formula is C19H22ClN3O5S. The van der Waals surface area contributed by atoms with Crippen LogP contribution in [0.5, 0.6) is 5.75 Å². The molecule has 10 heteroatoms. The zero-order chi connectivity index (χ0) is 21.0. The first-order valence-electron chi connectivity index (χ1n) is 9.10. The Hall–Kier alpha value is -2.20. The lowest BCUT2D eigenvalue weighted by Gasteiger charge is -2.32. The molecule has 0 atom stereocenters. The maximum Gasteiger partial charge on any atom is 0.271 e. The second-order valence-electron chi connectivity index (χ2n) is 6.89. The van der Waals surface area contributed by atoms with Crippen molar-refractivity contribution in [1.82, 2.24) is 9.62 Å². The molecule has 2 aromatic rings. The standard InChI is InChI=1S/C19H22ClN3O5S/c1-28-18-7-6-17(23(24)25)12-19(18)29(26,27)21-16-8-10-22(11-9-16)13-14-2-4-15(20)5-3-14/h2-7,12,16,21H,8-11,13H2,1H3. The summed E-state index contributed by atoms with van der Waals surface area (Å²) in [5.41, 5.74) is 0.846. The average Bonchev–Trinajstić information content (AvgIpc) is 2.70. The van der Waals surface area contributed by atoms with E-state index in [0.29, 0.717) is 17.9 Å². The minimum atomic E-state index is -3.95. The molecule has 2 aromatic carbocycles. The molecule has 29 heavy (non-hydrogen) atoms. The van der Waals surface area contributed by atoms with Crippen molar-refractivity contribution in [2.45, 2.75) is 30.3 Å². The summed E-state index contributed by atoms with van der Waals surface area (Å²) in [5, 5.41) is 11.7. The molecule has 0 saturated carbocycles. The lowest BCUT2D eigenvalue weighted by atomic mass is 10.1. The van der Waals surface area contributed by atoms with Crippen LogP contribution in [-0.4, -0.2) is 44.5 Å². The van der Waals surface area contributed by atoms with Crippen LogP contribution >= 0.6 is 11.6 Å². The van der Waals surface area contributed by atoms with Crippen LogP contribution in [-0.2, 0) is 16.6 Å². The van der Waals surface area contributed by atoms with Crippen LogP contribution < -0.4 is 9.46 Å². The lowest BCUT2D eigenvalue weighted by Crippen LogP contribution is -2.44. The molecule has 0 aliphatic carbocycles. The molecule has 8 nitrogen and oxygen atoms in total. The Kier molecular flexibility index (Phi) is 6.74. The molecule has 156 valence electrons. The molecule has 1 fully saturated rings. The van der Waals surface area contributed by atoms with Crippen LogP contribution in [0.15, 0.2) is 47.4 Å². The van der Waals surface area contributed by atoms with Gasteiger partial charge in [-0.1, -0.05) is 23.7 Å². The van der Waals surface area contributed by atoms with Gasteiger partial charge < -0.3 is 4.74 Å². The largest absolute Gasteiger partial charge is 0.495 e. The van der Waals surface area contributed by atoms with E-state index in [1.807, 2.05) is 24.3 Å². The van der Waals surface area contributed by atoms with Gasteiger partial charge in [0, 0.05) is 42.8 Å². The molecule has 1 aliphatic heterocycles. The molecule has 0 radical (unpaired) electrons. The molecule has 0 aromatic heterocycles. The maximum absolute atomic E-state index is 12.8. The molecule has 0 amide bonds. The van der Waals surface area contributed by atoms with Crippen LogP contribution in [0.2, 0.25) is 5.02 Å². The molecule has 1 saturated heterocycles. The average molecular weight is 440 g/mol. The summed E-state index contributed by atoms with van der Waals surface area (Å²) in [5.74, 6) is 0.0725. The van der Waals surface area contributed by atoms with E-state index in [-0.39, 0.29) is 22.4 Å². The first-order chi connectivity index (χ1) is 13.8. The molecule has 3 rings (SSSR count). The third kappa shape index (κ3) is 5.45. The number of benzene rings is 2. The number of methoxy groups -OCH3 is 1. The monoisotopic (exact) mass is 439 g/mol. The Morgan fingerprint density at radius 1 is 1.21 bits per heavy atom. The minimum absolute atomic E-state index is 0.0725. The van der Waals surface area contributed by atoms with Gasteiger partial charge in [-0.25, -0.2) is 13.1 Å². The highest BCUT2D eigenvalue weighted by molar-refractivity contribution is 7.89. The van der Waals surface area contributed by atoms with E-state index >= 15 is 0 Å². The van der Waals surface area contributed by atoms with Gasteiger partial charge in [0.2, 0.25) is 10.0 Å². The fourth-order valence-electron chi connectivity index (χ4n) is 3.33. The number of hydrogen-bond acceptors (Lipinski definition) is 6. The number of nitro groups is 1. The maximum atomic E-state index is 12.8. The molecule has 0 bridgehead atoms. The van der Waals surface area contributed by atoms with Gasteiger partial charge in [0.15, 0.2) is 0 Å². The number of nitro benzene ring substituents is 1. The van der Waals surface area contributed by atoms with E-state index in [0.717, 1.165) is 31.3 Å². The fourth-order valence-corrected chi connectivity index (χ4v) is 4.95. The summed E-state index contributed by atoms with van der Waals surface area (Å²) in [6.07, 6.45) is 1.29. The van der Waals surface area contributed by atoms with Crippen molar-refractivity contribution in [3.63, 3.8) is 0 Å². The number of rotatable bonds is 7. The number of hydrogen-bond donors (Lipinski definition) is 1. The highest BCUT2D eigenvalue weighted by atomic mass is 35.5. The number of likely N-dealkylation sites (tertiary alicyclic amines) is 1. The Labute approximate surface area is 174 Å². The third-order valence-corrected chi connectivity index (χ3v) is 6.67. The number of ether oxygens (including phenoxy) is 1. The van der Waals surface area contributed by atoms with Gasteiger partial charge in [-0.05, 0) is 36.6 Å². The van der Waals surface area contributed by atoms with Gasteiger partial charge in [0.25, 0.3) is 5.69 Å². The van der Waals surface area contributed by atoms with Crippen LogP contribution in [0.3, 0.4) is 0 Å². The van der Waals surface area contributed by atoms with Crippen LogP contribution in [0.25, 0.3) is 0 Å². The normalized spacial score (nSPS) is 15.9. The Bertz CT molecular complexity index is 974. The number of nitrogens with zero attached hydrogens (tertiary/aromatic N) is 2. The van der Waals surface area contributed by atoms with Crippen molar-refractivity contribution < 1.29 is 18.1 Å². The summed E-state index contributed by atoms with van der Waals surface area (Å²) in [6, 6.07) is 10.9. The first kappa shape index (κ1) is 21.5. The second-order valence-corrected chi connectivity index (χ2v) is 9.01. The van der Waals surface area contributed by atoms with Crippen molar-refractivity contribution in [2.75, 3.05) is 20.2 Å². The fraction of sp³-hybridized carbons (Fsp3) is 0.368. The van der Waals surface area contributed by atoms with E-state index < -0.39 is 14.9 Å². The van der Waals surface area contributed by atoms with E-state index in [2.05, 4.69) is 9.62 Å². The number of non-ortho nitro benzene ring substituents is 1. The Morgan fingerprint density at radius 3 is 2.45 bits per heavy atom. The van der Waals surface area contributed by atoms with Crippen LogP contribution in [0, 0.1) is 10.1 Å². The van der Waals surface area contributed by atoms with Crippen molar-refractivity contribution in [2.24, 2.45) is 0 Å². The summed E-state index contributed by atoms with van der Waals surface area (Å²) < 4.78 is 33.4. The zero-order valence-corrected chi connectivity index (χ0v) is 17.4.